The van der Waals surface area contributed by atoms with E-state index in [2.05, 4.69) is 20.8 Å². The van der Waals surface area contributed by atoms with Gasteiger partial charge < -0.3 is 20.3 Å². The van der Waals surface area contributed by atoms with Crippen molar-refractivity contribution in [3.8, 4) is 0 Å². The molecule has 2 atom stereocenters. The molecule has 9 heteroatoms. The molecule has 1 aliphatic heterocycles. The summed E-state index contributed by atoms with van der Waals surface area (Å²) < 4.78 is 5.06. The maximum absolute atomic E-state index is 12.0. The van der Waals surface area contributed by atoms with E-state index in [1.807, 2.05) is 6.26 Å². The van der Waals surface area contributed by atoms with E-state index in [-0.39, 0.29) is 11.9 Å². The molecule has 0 saturated carbocycles. The summed E-state index contributed by atoms with van der Waals surface area (Å²) in [5, 5.41) is 18.3. The zero-order valence-corrected chi connectivity index (χ0v) is 12.5. The van der Waals surface area contributed by atoms with E-state index in [4.69, 9.17) is 9.63 Å². The lowest BCUT2D eigenvalue weighted by atomic mass is 10.2. The van der Waals surface area contributed by atoms with Crippen LogP contribution in [0.1, 0.15) is 41.8 Å². The van der Waals surface area contributed by atoms with Crippen molar-refractivity contribution in [2.75, 3.05) is 18.6 Å². The molecule has 1 aromatic rings. The van der Waals surface area contributed by atoms with Gasteiger partial charge in [0.2, 0.25) is 5.89 Å². The van der Waals surface area contributed by atoms with Crippen LogP contribution in [0.4, 0.5) is 0 Å². The van der Waals surface area contributed by atoms with Crippen molar-refractivity contribution < 1.29 is 19.2 Å². The van der Waals surface area contributed by atoms with Crippen molar-refractivity contribution in [2.45, 2.75) is 31.3 Å². The van der Waals surface area contributed by atoms with Crippen LogP contribution in [0.3, 0.4) is 0 Å². The van der Waals surface area contributed by atoms with E-state index in [0.29, 0.717) is 18.1 Å². The minimum Gasteiger partial charge on any atom is -0.480 e. The molecule has 116 valence electrons. The Kier molecular flexibility index (Phi) is 5.57. The Morgan fingerprint density at radius 3 is 3.05 bits per heavy atom. The molecule has 1 amide bonds. The highest BCUT2D eigenvalue weighted by Gasteiger charge is 2.26. The molecule has 1 unspecified atom stereocenters. The van der Waals surface area contributed by atoms with Crippen LogP contribution in [0.2, 0.25) is 0 Å². The third-order valence-corrected chi connectivity index (χ3v) is 3.86. The minimum atomic E-state index is -1.07. The number of aromatic nitrogens is 2. The van der Waals surface area contributed by atoms with Crippen LogP contribution < -0.4 is 10.6 Å². The molecule has 1 fully saturated rings. The molecule has 0 aliphatic carbocycles. The van der Waals surface area contributed by atoms with Gasteiger partial charge in [-0.15, -0.1) is 0 Å². The molecular formula is C12H18N4O4S. The van der Waals surface area contributed by atoms with Crippen molar-refractivity contribution in [3.05, 3.63) is 11.7 Å². The maximum Gasteiger partial charge on any atom is 0.326 e. The highest BCUT2D eigenvalue weighted by molar-refractivity contribution is 7.98. The van der Waals surface area contributed by atoms with Gasteiger partial charge in [0.1, 0.15) is 6.04 Å². The van der Waals surface area contributed by atoms with Crippen LogP contribution in [-0.2, 0) is 4.79 Å². The van der Waals surface area contributed by atoms with Gasteiger partial charge in [-0.25, -0.2) is 4.79 Å². The fourth-order valence-corrected chi connectivity index (χ4v) is 2.55. The summed E-state index contributed by atoms with van der Waals surface area (Å²) in [6.45, 7) is 0.879. The van der Waals surface area contributed by atoms with E-state index in [1.165, 1.54) is 11.8 Å². The summed E-state index contributed by atoms with van der Waals surface area (Å²) in [6, 6.07) is -0.970. The molecule has 2 heterocycles. The number of nitrogens with zero attached hydrogens (tertiary/aromatic N) is 2. The molecule has 0 bridgehead atoms. The van der Waals surface area contributed by atoms with E-state index in [0.717, 1.165) is 19.4 Å². The van der Waals surface area contributed by atoms with Crippen molar-refractivity contribution in [1.82, 2.24) is 20.8 Å². The molecule has 8 nitrogen and oxygen atoms in total. The Morgan fingerprint density at radius 2 is 2.43 bits per heavy atom. The number of carbonyl (C=O) groups is 2. The molecule has 0 radical (unpaired) electrons. The number of rotatable bonds is 7. The van der Waals surface area contributed by atoms with Crippen LogP contribution in [0.25, 0.3) is 0 Å². The topological polar surface area (TPSA) is 117 Å². The number of carboxylic acid groups (broad SMARTS) is 1. The first-order valence-electron chi connectivity index (χ1n) is 6.71. The SMILES string of the molecule is CSCC[C@H](NC(=O)c1noc(C2CCCN2)n1)C(=O)O. The summed E-state index contributed by atoms with van der Waals surface area (Å²) in [5.74, 6) is -0.821. The molecule has 0 aromatic carbocycles. The molecule has 2 rings (SSSR count). The van der Waals surface area contributed by atoms with Gasteiger partial charge in [-0.2, -0.15) is 16.7 Å². The van der Waals surface area contributed by atoms with Gasteiger partial charge in [-0.3, -0.25) is 4.79 Å². The van der Waals surface area contributed by atoms with Crippen LogP contribution >= 0.6 is 11.8 Å². The predicted octanol–water partition coefficient (Wildman–Crippen LogP) is 0.430. The van der Waals surface area contributed by atoms with Gasteiger partial charge >= 0.3 is 5.97 Å². The third-order valence-electron chi connectivity index (χ3n) is 3.22. The smallest absolute Gasteiger partial charge is 0.326 e. The largest absolute Gasteiger partial charge is 0.480 e. The molecule has 1 saturated heterocycles. The standard InChI is InChI=1S/C12H18N4O4S/c1-21-6-4-8(12(18)19)14-10(17)9-15-11(20-16-9)7-3-2-5-13-7/h7-8,13H,2-6H2,1H3,(H,14,17)(H,18,19)/t7?,8-/m0/s1. The number of thioether (sulfide) groups is 1. The fraction of sp³-hybridized carbons (Fsp3) is 0.667. The number of hydrogen-bond donors (Lipinski definition) is 3. The molecule has 3 N–H and O–H groups in total. The molecule has 1 aromatic heterocycles. The molecule has 1 aliphatic rings. The van der Waals surface area contributed by atoms with E-state index in [1.54, 1.807) is 0 Å². The van der Waals surface area contributed by atoms with Crippen LogP contribution in [-0.4, -0.2) is 51.7 Å². The number of hydrogen-bond acceptors (Lipinski definition) is 7. The number of aliphatic carboxylic acids is 1. The number of amides is 1. The van der Waals surface area contributed by atoms with Gasteiger partial charge in [-0.1, -0.05) is 5.16 Å². The van der Waals surface area contributed by atoms with Gasteiger partial charge in [0.15, 0.2) is 0 Å². The summed E-state index contributed by atoms with van der Waals surface area (Å²) in [7, 11) is 0. The average molecular weight is 314 g/mol. The first-order chi connectivity index (χ1) is 10.1. The fourth-order valence-electron chi connectivity index (χ4n) is 2.08. The summed E-state index contributed by atoms with van der Waals surface area (Å²) in [4.78, 5) is 27.1. The maximum atomic E-state index is 12.0. The number of carboxylic acids is 1. The monoisotopic (exact) mass is 314 g/mol. The predicted molar refractivity (Wildman–Crippen MR) is 76.2 cm³/mol. The summed E-state index contributed by atoms with van der Waals surface area (Å²) in [5.41, 5.74) is 0. The highest BCUT2D eigenvalue weighted by atomic mass is 32.2. The minimum absolute atomic E-state index is 0.0224. The van der Waals surface area contributed by atoms with Crippen molar-refractivity contribution in [1.29, 1.82) is 0 Å². The zero-order chi connectivity index (χ0) is 15.2. The molecule has 21 heavy (non-hydrogen) atoms. The summed E-state index contributed by atoms with van der Waals surface area (Å²) in [6.07, 6.45) is 4.12. The van der Waals surface area contributed by atoms with E-state index in [9.17, 15) is 9.59 Å². The van der Waals surface area contributed by atoms with Crippen LogP contribution in [0.15, 0.2) is 4.52 Å². The van der Waals surface area contributed by atoms with E-state index >= 15 is 0 Å². The first kappa shape index (κ1) is 15.8. The molecule has 0 spiro atoms. The van der Waals surface area contributed by atoms with E-state index < -0.39 is 17.9 Å². The van der Waals surface area contributed by atoms with Crippen molar-refractivity contribution in [3.63, 3.8) is 0 Å². The second-order valence-electron chi connectivity index (χ2n) is 4.75. The average Bonchev–Trinajstić information content (AvgIpc) is 3.12. The Balaban J connectivity index is 1.96. The van der Waals surface area contributed by atoms with Gasteiger partial charge in [-0.05, 0) is 37.8 Å². The lowest BCUT2D eigenvalue weighted by Crippen LogP contribution is -2.41. The van der Waals surface area contributed by atoms with Crippen molar-refractivity contribution >= 4 is 23.6 Å². The zero-order valence-electron chi connectivity index (χ0n) is 11.7. The Hall–Kier alpha value is -1.61. The van der Waals surface area contributed by atoms with Gasteiger partial charge in [0, 0.05) is 0 Å². The Bertz CT molecular complexity index is 501. The lowest BCUT2D eigenvalue weighted by Gasteiger charge is -2.12. The second-order valence-corrected chi connectivity index (χ2v) is 5.74. The third kappa shape index (κ3) is 4.18. The number of nitrogens with one attached hydrogen (secondary N) is 2. The first-order valence-corrected chi connectivity index (χ1v) is 8.10. The Morgan fingerprint density at radius 1 is 1.62 bits per heavy atom. The van der Waals surface area contributed by atoms with Gasteiger partial charge in [0.25, 0.3) is 11.7 Å². The lowest BCUT2D eigenvalue weighted by molar-refractivity contribution is -0.139. The Labute approximate surface area is 126 Å². The van der Waals surface area contributed by atoms with Crippen LogP contribution in [0, 0.1) is 0 Å². The second kappa shape index (κ2) is 7.41. The van der Waals surface area contributed by atoms with Crippen LogP contribution in [0.5, 0.6) is 0 Å². The molecular weight excluding hydrogens is 296 g/mol. The number of carbonyl (C=O) groups excluding carboxylic acids is 1. The summed E-state index contributed by atoms with van der Waals surface area (Å²) >= 11 is 1.52. The normalized spacial score (nSPS) is 19.4. The van der Waals surface area contributed by atoms with Crippen molar-refractivity contribution in [2.24, 2.45) is 0 Å². The quantitative estimate of drug-likeness (QED) is 0.663. The highest BCUT2D eigenvalue weighted by Crippen LogP contribution is 2.21. The van der Waals surface area contributed by atoms with Gasteiger partial charge in [0.05, 0.1) is 6.04 Å².